The summed E-state index contributed by atoms with van der Waals surface area (Å²) in [5, 5.41) is 24.1. The molecule has 0 heterocycles. The topological polar surface area (TPSA) is 108 Å². The number of nitrogens with one attached hydrogen (secondary N) is 1. The van der Waals surface area contributed by atoms with Crippen molar-refractivity contribution in [2.75, 3.05) is 13.1 Å². The number of azide groups is 1. The van der Waals surface area contributed by atoms with Crippen molar-refractivity contribution < 1.29 is 4.39 Å². The Morgan fingerprint density at radius 2 is 2.26 bits per heavy atom. The molecule has 1 aromatic rings. The van der Waals surface area contributed by atoms with Gasteiger partial charge in [-0.1, -0.05) is 11.2 Å². The van der Waals surface area contributed by atoms with Gasteiger partial charge in [0.05, 0.1) is 11.6 Å². The Bertz CT molecular complexity index is 565. The summed E-state index contributed by atoms with van der Waals surface area (Å²) in [5.74, 6) is -0.605. The van der Waals surface area contributed by atoms with Gasteiger partial charge in [-0.05, 0) is 36.2 Å². The number of halogens is 1. The largest absolute Gasteiger partial charge is 0.298 e. The zero-order valence-electron chi connectivity index (χ0n) is 10.0. The molecule has 0 radical (unpaired) electrons. The molecule has 96 valence electrons. The van der Waals surface area contributed by atoms with Crippen LogP contribution in [0.1, 0.15) is 23.6 Å². The van der Waals surface area contributed by atoms with Crippen LogP contribution in [0.5, 0.6) is 0 Å². The number of benzene rings is 1. The van der Waals surface area contributed by atoms with E-state index in [2.05, 4.69) is 15.3 Å². The Kier molecular flexibility index (Phi) is 5.84. The minimum absolute atomic E-state index is 0.0892. The van der Waals surface area contributed by atoms with Crippen molar-refractivity contribution in [3.63, 3.8) is 0 Å². The van der Waals surface area contributed by atoms with E-state index in [-0.39, 0.29) is 5.56 Å². The first kappa shape index (κ1) is 14.5. The second-order valence-electron chi connectivity index (χ2n) is 3.68. The lowest BCUT2D eigenvalue weighted by Crippen LogP contribution is -2.21. The van der Waals surface area contributed by atoms with E-state index in [9.17, 15) is 4.39 Å². The molecular weight excluding hydrogens is 247 g/mol. The SMILES string of the molecule is N#Cc1cc(C(C#N)NCCCN=[N+]=[N-])ccc1F. The molecule has 0 saturated heterocycles. The van der Waals surface area contributed by atoms with Gasteiger partial charge in [-0.3, -0.25) is 5.32 Å². The first-order chi connectivity index (χ1) is 9.22. The Labute approximate surface area is 109 Å². The summed E-state index contributed by atoms with van der Waals surface area (Å²) in [7, 11) is 0. The summed E-state index contributed by atoms with van der Waals surface area (Å²) in [4.78, 5) is 2.62. The van der Waals surface area contributed by atoms with E-state index in [4.69, 9.17) is 16.1 Å². The van der Waals surface area contributed by atoms with E-state index < -0.39 is 11.9 Å². The molecule has 0 bridgehead atoms. The average molecular weight is 258 g/mol. The molecular formula is C12H11FN6. The maximum Gasteiger partial charge on any atom is 0.140 e. The Hall–Kier alpha value is -2.60. The third-order valence-corrected chi connectivity index (χ3v) is 2.42. The first-order valence-corrected chi connectivity index (χ1v) is 5.56. The van der Waals surface area contributed by atoms with Crippen molar-refractivity contribution in [2.45, 2.75) is 12.5 Å². The van der Waals surface area contributed by atoms with Gasteiger partial charge in [0.1, 0.15) is 17.9 Å². The summed E-state index contributed by atoms with van der Waals surface area (Å²) >= 11 is 0. The number of nitrogens with zero attached hydrogens (tertiary/aromatic N) is 5. The van der Waals surface area contributed by atoms with E-state index in [0.29, 0.717) is 25.1 Å². The highest BCUT2D eigenvalue weighted by Gasteiger charge is 2.12. The summed E-state index contributed by atoms with van der Waals surface area (Å²) in [6.45, 7) is 0.824. The van der Waals surface area contributed by atoms with Gasteiger partial charge >= 0.3 is 0 Å². The fourth-order valence-corrected chi connectivity index (χ4v) is 1.49. The van der Waals surface area contributed by atoms with Gasteiger partial charge in [0.15, 0.2) is 0 Å². The fourth-order valence-electron chi connectivity index (χ4n) is 1.49. The monoisotopic (exact) mass is 258 g/mol. The molecule has 0 aromatic heterocycles. The summed E-state index contributed by atoms with van der Waals surface area (Å²) < 4.78 is 13.2. The van der Waals surface area contributed by atoms with Gasteiger partial charge in [-0.15, -0.1) is 0 Å². The maximum absolute atomic E-state index is 13.2. The van der Waals surface area contributed by atoms with Crippen molar-refractivity contribution in [3.8, 4) is 12.1 Å². The van der Waals surface area contributed by atoms with Crippen molar-refractivity contribution in [3.05, 3.63) is 45.6 Å². The summed E-state index contributed by atoms with van der Waals surface area (Å²) in [6.07, 6.45) is 0.592. The number of nitriles is 2. The number of hydrogen-bond acceptors (Lipinski definition) is 4. The summed E-state index contributed by atoms with van der Waals surface area (Å²) in [5.41, 5.74) is 8.54. The van der Waals surface area contributed by atoms with Crippen LogP contribution in [0.2, 0.25) is 0 Å². The Balaban J connectivity index is 2.68. The molecule has 0 spiro atoms. The third-order valence-electron chi connectivity index (χ3n) is 2.42. The zero-order valence-corrected chi connectivity index (χ0v) is 10.0. The highest BCUT2D eigenvalue weighted by atomic mass is 19.1. The molecule has 19 heavy (non-hydrogen) atoms. The van der Waals surface area contributed by atoms with E-state index in [0.717, 1.165) is 0 Å². The van der Waals surface area contributed by atoms with Gasteiger partial charge in [0.2, 0.25) is 0 Å². The van der Waals surface area contributed by atoms with Gasteiger partial charge in [-0.25, -0.2) is 4.39 Å². The highest BCUT2D eigenvalue weighted by Crippen LogP contribution is 2.16. The van der Waals surface area contributed by atoms with Crippen LogP contribution in [0.3, 0.4) is 0 Å². The lowest BCUT2D eigenvalue weighted by molar-refractivity contribution is 0.600. The minimum Gasteiger partial charge on any atom is -0.298 e. The molecule has 0 aliphatic carbocycles. The predicted octanol–water partition coefficient (Wildman–Crippen LogP) is 2.55. The highest BCUT2D eigenvalue weighted by molar-refractivity contribution is 5.37. The van der Waals surface area contributed by atoms with Crippen molar-refractivity contribution >= 4 is 0 Å². The number of hydrogen-bond donors (Lipinski definition) is 1. The molecule has 0 aliphatic rings. The van der Waals surface area contributed by atoms with Crippen LogP contribution < -0.4 is 5.32 Å². The maximum atomic E-state index is 13.2. The van der Waals surface area contributed by atoms with E-state index in [1.54, 1.807) is 6.07 Å². The van der Waals surface area contributed by atoms with E-state index >= 15 is 0 Å². The minimum atomic E-state index is -0.626. The molecule has 0 aliphatic heterocycles. The van der Waals surface area contributed by atoms with Crippen LogP contribution in [-0.4, -0.2) is 13.1 Å². The second-order valence-corrected chi connectivity index (χ2v) is 3.68. The molecule has 1 atom stereocenters. The lowest BCUT2D eigenvalue weighted by Gasteiger charge is -2.11. The molecule has 1 rings (SSSR count). The quantitative estimate of drug-likeness (QED) is 0.366. The van der Waals surface area contributed by atoms with Crippen molar-refractivity contribution in [1.29, 1.82) is 10.5 Å². The molecule has 1 aromatic carbocycles. The molecule has 0 amide bonds. The van der Waals surface area contributed by atoms with Crippen molar-refractivity contribution in [1.82, 2.24) is 5.32 Å². The summed E-state index contributed by atoms with van der Waals surface area (Å²) in [6, 6.07) is 7.12. The van der Waals surface area contributed by atoms with Gasteiger partial charge in [0, 0.05) is 11.5 Å². The van der Waals surface area contributed by atoms with Crippen LogP contribution >= 0.6 is 0 Å². The van der Waals surface area contributed by atoms with Crippen molar-refractivity contribution in [2.24, 2.45) is 5.11 Å². The van der Waals surface area contributed by atoms with Crippen LogP contribution in [0.25, 0.3) is 10.4 Å². The molecule has 1 N–H and O–H groups in total. The normalized spacial score (nSPS) is 10.9. The average Bonchev–Trinajstić information content (AvgIpc) is 2.44. The fraction of sp³-hybridized carbons (Fsp3) is 0.333. The number of rotatable bonds is 6. The van der Waals surface area contributed by atoms with Crippen LogP contribution in [0.4, 0.5) is 4.39 Å². The molecule has 0 fully saturated rings. The smallest absolute Gasteiger partial charge is 0.140 e. The zero-order chi connectivity index (χ0) is 14.1. The van der Waals surface area contributed by atoms with E-state index in [1.807, 2.05) is 6.07 Å². The van der Waals surface area contributed by atoms with Crippen LogP contribution in [0, 0.1) is 28.5 Å². The molecule has 1 unspecified atom stereocenters. The van der Waals surface area contributed by atoms with Gasteiger partial charge in [0.25, 0.3) is 0 Å². The first-order valence-electron chi connectivity index (χ1n) is 5.56. The second kappa shape index (κ2) is 7.67. The molecule has 0 saturated carbocycles. The standard InChI is InChI=1S/C12H11FN6/c13-11-3-2-9(6-10(11)7-14)12(8-15)17-4-1-5-18-19-16/h2-3,6,12,17H,1,4-5H2. The Morgan fingerprint density at radius 3 is 2.89 bits per heavy atom. The molecule has 7 heteroatoms. The van der Waals surface area contributed by atoms with Crippen LogP contribution in [0.15, 0.2) is 23.3 Å². The van der Waals surface area contributed by atoms with E-state index in [1.165, 1.54) is 18.2 Å². The van der Waals surface area contributed by atoms with Crippen LogP contribution in [-0.2, 0) is 0 Å². The third kappa shape index (κ3) is 4.29. The van der Waals surface area contributed by atoms with Gasteiger partial charge < -0.3 is 0 Å². The van der Waals surface area contributed by atoms with Gasteiger partial charge in [-0.2, -0.15) is 10.5 Å². The molecule has 6 nitrogen and oxygen atoms in total. The lowest BCUT2D eigenvalue weighted by atomic mass is 10.0. The Morgan fingerprint density at radius 1 is 1.47 bits per heavy atom. The predicted molar refractivity (Wildman–Crippen MR) is 66.1 cm³/mol.